The third-order valence-electron chi connectivity index (χ3n) is 4.64. The predicted molar refractivity (Wildman–Crippen MR) is 89.4 cm³/mol. The monoisotopic (exact) mass is 338 g/mol. The smallest absolute Gasteiger partial charge is 0.387 e. The van der Waals surface area contributed by atoms with Gasteiger partial charge >= 0.3 is 6.61 Å². The van der Waals surface area contributed by atoms with Gasteiger partial charge in [0.05, 0.1) is 0 Å². The molecule has 0 radical (unpaired) electrons. The van der Waals surface area contributed by atoms with Gasteiger partial charge in [0.2, 0.25) is 0 Å². The van der Waals surface area contributed by atoms with Crippen LogP contribution in [-0.4, -0.2) is 42.9 Å². The zero-order valence-electron chi connectivity index (χ0n) is 13.7. The molecule has 1 saturated heterocycles. The van der Waals surface area contributed by atoms with Gasteiger partial charge in [0.25, 0.3) is 0 Å². The summed E-state index contributed by atoms with van der Waals surface area (Å²) < 4.78 is 28.8. The second kappa shape index (κ2) is 7.81. The van der Waals surface area contributed by atoms with E-state index in [0.29, 0.717) is 0 Å². The molecular formula is C17H24F2N4O. The summed E-state index contributed by atoms with van der Waals surface area (Å²) in [5.41, 5.74) is 6.60. The van der Waals surface area contributed by atoms with Crippen LogP contribution in [0.1, 0.15) is 19.3 Å². The number of ether oxygens (including phenoxy) is 1. The molecule has 1 aromatic carbocycles. The van der Waals surface area contributed by atoms with Gasteiger partial charge in [0.15, 0.2) is 0 Å². The lowest BCUT2D eigenvalue weighted by molar-refractivity contribution is -0.0498. The first-order valence-corrected chi connectivity index (χ1v) is 8.37. The van der Waals surface area contributed by atoms with Crippen molar-refractivity contribution in [2.75, 3.05) is 31.2 Å². The van der Waals surface area contributed by atoms with Crippen molar-refractivity contribution >= 4 is 5.69 Å². The fourth-order valence-electron chi connectivity index (χ4n) is 3.28. The van der Waals surface area contributed by atoms with Gasteiger partial charge in [0.1, 0.15) is 12.4 Å². The van der Waals surface area contributed by atoms with E-state index >= 15 is 0 Å². The van der Waals surface area contributed by atoms with Crippen LogP contribution in [0.25, 0.3) is 0 Å². The number of piperidine rings is 1. The summed E-state index contributed by atoms with van der Waals surface area (Å²) in [6.07, 6.45) is 7.55. The van der Waals surface area contributed by atoms with Gasteiger partial charge in [-0.3, -0.25) is 5.01 Å². The molecule has 0 atom stereocenters. The van der Waals surface area contributed by atoms with Crippen molar-refractivity contribution in [3.8, 4) is 5.75 Å². The van der Waals surface area contributed by atoms with E-state index in [-0.39, 0.29) is 5.75 Å². The molecular weight excluding hydrogens is 314 g/mol. The molecule has 2 heterocycles. The van der Waals surface area contributed by atoms with Crippen LogP contribution in [0.4, 0.5) is 14.5 Å². The molecule has 2 N–H and O–H groups in total. The number of halogens is 2. The number of hydrazine groups is 1. The van der Waals surface area contributed by atoms with Crippen molar-refractivity contribution in [3.63, 3.8) is 0 Å². The van der Waals surface area contributed by atoms with E-state index in [2.05, 4.69) is 25.9 Å². The Bertz CT molecular complexity index is 544. The van der Waals surface area contributed by atoms with E-state index in [4.69, 9.17) is 5.73 Å². The number of benzene rings is 1. The predicted octanol–water partition coefficient (Wildman–Crippen LogP) is 2.81. The molecule has 24 heavy (non-hydrogen) atoms. The Balaban J connectivity index is 1.52. The standard InChI is InChI=1S/C17H24F2N4O/c18-17(19)24-16-3-1-15(2-4-16)21-11-12-23(13-21)22-9-6-14(5-8-20)7-10-22/h1-4,11-12,14,17H,5-10,13,20H2. The maximum atomic E-state index is 12.2. The van der Waals surface area contributed by atoms with Crippen molar-refractivity contribution < 1.29 is 13.5 Å². The van der Waals surface area contributed by atoms with Crippen molar-refractivity contribution in [2.24, 2.45) is 11.7 Å². The molecule has 0 aromatic heterocycles. The Morgan fingerprint density at radius 1 is 1.12 bits per heavy atom. The molecule has 0 amide bonds. The molecule has 7 heteroatoms. The second-order valence-corrected chi connectivity index (χ2v) is 6.20. The SMILES string of the molecule is NCCC1CCN(N2C=CN(c3ccc(OC(F)F)cc3)C2)CC1. The maximum Gasteiger partial charge on any atom is 0.387 e. The van der Waals surface area contributed by atoms with Gasteiger partial charge in [-0.1, -0.05) is 0 Å². The van der Waals surface area contributed by atoms with Gasteiger partial charge < -0.3 is 15.4 Å². The minimum absolute atomic E-state index is 0.177. The zero-order valence-corrected chi connectivity index (χ0v) is 13.7. The normalized spacial score (nSPS) is 19.5. The van der Waals surface area contributed by atoms with E-state index in [0.717, 1.165) is 44.3 Å². The fourth-order valence-corrected chi connectivity index (χ4v) is 3.28. The highest BCUT2D eigenvalue weighted by Gasteiger charge is 2.25. The molecule has 0 bridgehead atoms. The number of alkyl halides is 2. The number of nitrogens with zero attached hydrogens (tertiary/aromatic N) is 3. The van der Waals surface area contributed by atoms with Crippen molar-refractivity contribution in [1.82, 2.24) is 10.0 Å². The highest BCUT2D eigenvalue weighted by Crippen LogP contribution is 2.26. The Labute approximate surface area is 141 Å². The molecule has 132 valence electrons. The minimum atomic E-state index is -2.79. The number of nitrogens with two attached hydrogens (primary N) is 1. The lowest BCUT2D eigenvalue weighted by atomic mass is 9.94. The number of rotatable bonds is 6. The van der Waals surface area contributed by atoms with Crippen LogP contribution in [0.5, 0.6) is 5.75 Å². The lowest BCUT2D eigenvalue weighted by Crippen LogP contribution is -2.45. The first-order chi connectivity index (χ1) is 11.7. The Hall–Kier alpha value is -1.86. The Morgan fingerprint density at radius 2 is 1.83 bits per heavy atom. The van der Waals surface area contributed by atoms with Crippen molar-refractivity contribution in [3.05, 3.63) is 36.7 Å². The molecule has 0 saturated carbocycles. The Morgan fingerprint density at radius 3 is 2.46 bits per heavy atom. The van der Waals surface area contributed by atoms with Gasteiger partial charge in [-0.05, 0) is 56.0 Å². The third kappa shape index (κ3) is 4.15. The molecule has 1 aromatic rings. The average molecular weight is 338 g/mol. The Kier molecular flexibility index (Phi) is 5.52. The molecule has 5 nitrogen and oxygen atoms in total. The minimum Gasteiger partial charge on any atom is -0.435 e. The fraction of sp³-hybridized carbons (Fsp3) is 0.529. The van der Waals surface area contributed by atoms with Crippen LogP contribution < -0.4 is 15.4 Å². The highest BCUT2D eigenvalue weighted by atomic mass is 19.3. The first kappa shape index (κ1) is 17.0. The van der Waals surface area contributed by atoms with E-state index in [1.54, 1.807) is 24.3 Å². The van der Waals surface area contributed by atoms with Gasteiger partial charge in [-0.25, -0.2) is 5.01 Å². The number of anilines is 1. The van der Waals surface area contributed by atoms with E-state index in [1.807, 2.05) is 6.20 Å². The molecule has 2 aliphatic rings. The van der Waals surface area contributed by atoms with E-state index in [1.165, 1.54) is 12.8 Å². The van der Waals surface area contributed by atoms with Crippen LogP contribution in [0.2, 0.25) is 0 Å². The van der Waals surface area contributed by atoms with Crippen LogP contribution >= 0.6 is 0 Å². The largest absolute Gasteiger partial charge is 0.435 e. The second-order valence-electron chi connectivity index (χ2n) is 6.20. The molecule has 2 aliphatic heterocycles. The third-order valence-corrected chi connectivity index (χ3v) is 4.64. The van der Waals surface area contributed by atoms with Crippen LogP contribution in [0.15, 0.2) is 36.7 Å². The maximum absolute atomic E-state index is 12.2. The van der Waals surface area contributed by atoms with Crippen LogP contribution in [0, 0.1) is 5.92 Å². The van der Waals surface area contributed by atoms with Crippen LogP contribution in [0.3, 0.4) is 0 Å². The summed E-state index contributed by atoms with van der Waals surface area (Å²) >= 11 is 0. The van der Waals surface area contributed by atoms with Crippen molar-refractivity contribution in [1.29, 1.82) is 0 Å². The van der Waals surface area contributed by atoms with Gasteiger partial charge in [-0.15, -0.1) is 0 Å². The number of hydrogen-bond acceptors (Lipinski definition) is 5. The zero-order chi connectivity index (χ0) is 16.9. The molecule has 1 fully saturated rings. The van der Waals surface area contributed by atoms with Gasteiger partial charge in [-0.2, -0.15) is 8.78 Å². The number of hydrogen-bond donors (Lipinski definition) is 1. The lowest BCUT2D eigenvalue weighted by Gasteiger charge is -2.38. The van der Waals surface area contributed by atoms with E-state index < -0.39 is 6.61 Å². The topological polar surface area (TPSA) is 45.0 Å². The van der Waals surface area contributed by atoms with E-state index in [9.17, 15) is 8.78 Å². The summed E-state index contributed by atoms with van der Waals surface area (Å²) in [5.74, 6) is 0.923. The molecule has 0 spiro atoms. The first-order valence-electron chi connectivity index (χ1n) is 8.37. The summed E-state index contributed by atoms with van der Waals surface area (Å²) in [6, 6.07) is 6.71. The summed E-state index contributed by atoms with van der Waals surface area (Å²) in [5, 5.41) is 4.57. The van der Waals surface area contributed by atoms with Crippen LogP contribution in [-0.2, 0) is 0 Å². The molecule has 0 aliphatic carbocycles. The summed E-state index contributed by atoms with van der Waals surface area (Å²) in [6.45, 7) is 0.804. The summed E-state index contributed by atoms with van der Waals surface area (Å²) in [4.78, 5) is 2.08. The molecule has 0 unspecified atom stereocenters. The highest BCUT2D eigenvalue weighted by molar-refractivity contribution is 5.52. The quantitative estimate of drug-likeness (QED) is 0.864. The molecule has 3 rings (SSSR count). The van der Waals surface area contributed by atoms with Crippen molar-refractivity contribution in [2.45, 2.75) is 25.9 Å². The van der Waals surface area contributed by atoms with Gasteiger partial charge in [0, 0.05) is 31.2 Å². The summed E-state index contributed by atoms with van der Waals surface area (Å²) in [7, 11) is 0. The average Bonchev–Trinajstić information content (AvgIpc) is 3.06.